The summed E-state index contributed by atoms with van der Waals surface area (Å²) >= 11 is 0. The number of ether oxygens (including phenoxy) is 4. The smallest absolute Gasteiger partial charge is 0.243 e. The quantitative estimate of drug-likeness (QED) is 0.605. The van der Waals surface area contributed by atoms with Crippen LogP contribution in [-0.4, -0.2) is 59.3 Å². The lowest BCUT2D eigenvalue weighted by atomic mass is 10.2. The van der Waals surface area contributed by atoms with Crippen molar-refractivity contribution in [3.63, 3.8) is 0 Å². The Morgan fingerprint density at radius 3 is 2.38 bits per heavy atom. The molecule has 8 nitrogen and oxygen atoms in total. The zero-order chi connectivity index (χ0) is 20.7. The van der Waals surface area contributed by atoms with Gasteiger partial charge in [0.05, 0.1) is 36.9 Å². The zero-order valence-corrected chi connectivity index (χ0v) is 16.9. The average molecular weight is 418 g/mol. The third-order valence-electron chi connectivity index (χ3n) is 4.33. The molecule has 1 aliphatic heterocycles. The molecule has 154 valence electrons. The third-order valence-corrected chi connectivity index (χ3v) is 6.25. The van der Waals surface area contributed by atoms with Crippen LogP contribution >= 0.6 is 0 Å². The van der Waals surface area contributed by atoms with E-state index in [1.807, 2.05) is 6.07 Å². The van der Waals surface area contributed by atoms with Crippen LogP contribution < -0.4 is 14.2 Å². The highest BCUT2D eigenvalue weighted by molar-refractivity contribution is 7.89. The number of morpholine rings is 1. The Morgan fingerprint density at radius 2 is 1.72 bits per heavy atom. The normalized spacial score (nSPS) is 14.8. The van der Waals surface area contributed by atoms with Crippen molar-refractivity contribution in [2.75, 3.05) is 46.6 Å². The van der Waals surface area contributed by atoms with E-state index < -0.39 is 10.0 Å². The van der Waals surface area contributed by atoms with Gasteiger partial charge in [0.1, 0.15) is 19.0 Å². The van der Waals surface area contributed by atoms with Crippen LogP contribution in [0.15, 0.2) is 47.4 Å². The summed E-state index contributed by atoms with van der Waals surface area (Å²) in [5, 5.41) is 8.92. The minimum absolute atomic E-state index is 0.227. The maximum absolute atomic E-state index is 12.6. The second-order valence-electron chi connectivity index (χ2n) is 6.16. The Morgan fingerprint density at radius 1 is 1.03 bits per heavy atom. The summed E-state index contributed by atoms with van der Waals surface area (Å²) in [4.78, 5) is 0.227. The van der Waals surface area contributed by atoms with Crippen molar-refractivity contribution in [1.29, 1.82) is 5.26 Å². The predicted molar refractivity (Wildman–Crippen MR) is 105 cm³/mol. The van der Waals surface area contributed by atoms with E-state index in [4.69, 9.17) is 24.2 Å². The number of nitriles is 1. The van der Waals surface area contributed by atoms with Gasteiger partial charge in [0.2, 0.25) is 10.0 Å². The van der Waals surface area contributed by atoms with Crippen LogP contribution in [0.1, 0.15) is 5.56 Å². The molecule has 0 aliphatic carbocycles. The summed E-state index contributed by atoms with van der Waals surface area (Å²) in [6.07, 6.45) is 0. The standard InChI is InChI=1S/C20H22N2O6S/c1-25-20-14-16(15-21)2-7-19(20)28-13-12-27-17-3-5-18(6-4-17)29(23,24)22-8-10-26-11-9-22/h2-7,14H,8-13H2,1H3. The second kappa shape index (κ2) is 9.60. The number of nitrogens with zero attached hydrogens (tertiary/aromatic N) is 2. The van der Waals surface area contributed by atoms with Crippen molar-refractivity contribution >= 4 is 10.0 Å². The molecule has 2 aromatic carbocycles. The first kappa shape index (κ1) is 20.9. The van der Waals surface area contributed by atoms with Crippen molar-refractivity contribution in [3.8, 4) is 23.3 Å². The maximum atomic E-state index is 12.6. The topological polar surface area (TPSA) is 98.1 Å². The molecule has 1 saturated heterocycles. The first-order valence-corrected chi connectivity index (χ1v) is 10.5. The van der Waals surface area contributed by atoms with E-state index in [1.165, 1.54) is 23.5 Å². The molecular weight excluding hydrogens is 396 g/mol. The average Bonchev–Trinajstić information content (AvgIpc) is 2.77. The van der Waals surface area contributed by atoms with Crippen molar-refractivity contribution in [2.24, 2.45) is 0 Å². The van der Waals surface area contributed by atoms with Gasteiger partial charge < -0.3 is 18.9 Å². The van der Waals surface area contributed by atoms with Gasteiger partial charge in [-0.15, -0.1) is 0 Å². The van der Waals surface area contributed by atoms with Crippen LogP contribution in [0.25, 0.3) is 0 Å². The summed E-state index contributed by atoms with van der Waals surface area (Å²) in [5.41, 5.74) is 0.484. The number of sulfonamides is 1. The molecule has 0 N–H and O–H groups in total. The third kappa shape index (κ3) is 5.17. The second-order valence-corrected chi connectivity index (χ2v) is 8.10. The van der Waals surface area contributed by atoms with Crippen LogP contribution in [0.5, 0.6) is 17.2 Å². The number of benzene rings is 2. The molecule has 0 atom stereocenters. The highest BCUT2D eigenvalue weighted by Crippen LogP contribution is 2.27. The molecule has 0 spiro atoms. The van der Waals surface area contributed by atoms with Gasteiger partial charge in [-0.25, -0.2) is 8.42 Å². The summed E-state index contributed by atoms with van der Waals surface area (Å²) in [7, 11) is -2.01. The summed E-state index contributed by atoms with van der Waals surface area (Å²) in [6.45, 7) is 2.05. The largest absolute Gasteiger partial charge is 0.493 e. The zero-order valence-electron chi connectivity index (χ0n) is 16.0. The van der Waals surface area contributed by atoms with Crippen molar-refractivity contribution < 1.29 is 27.4 Å². The van der Waals surface area contributed by atoms with E-state index in [9.17, 15) is 8.42 Å². The van der Waals surface area contributed by atoms with Gasteiger partial charge in [-0.3, -0.25) is 0 Å². The monoisotopic (exact) mass is 418 g/mol. The molecule has 0 saturated carbocycles. The van der Waals surface area contributed by atoms with Crippen LogP contribution in [0.4, 0.5) is 0 Å². The SMILES string of the molecule is COc1cc(C#N)ccc1OCCOc1ccc(S(=O)(=O)N2CCOCC2)cc1. The van der Waals surface area contributed by atoms with E-state index in [2.05, 4.69) is 0 Å². The van der Waals surface area contributed by atoms with Crippen LogP contribution in [0.2, 0.25) is 0 Å². The lowest BCUT2D eigenvalue weighted by molar-refractivity contribution is 0.0730. The summed E-state index contributed by atoms with van der Waals surface area (Å²) in [5.74, 6) is 1.53. The van der Waals surface area contributed by atoms with Gasteiger partial charge in [-0.1, -0.05) is 0 Å². The minimum atomic E-state index is -3.52. The number of hydrogen-bond donors (Lipinski definition) is 0. The number of methoxy groups -OCH3 is 1. The van der Waals surface area contributed by atoms with E-state index in [0.29, 0.717) is 49.1 Å². The van der Waals surface area contributed by atoms with Crippen LogP contribution in [0.3, 0.4) is 0 Å². The van der Waals surface area contributed by atoms with Crippen molar-refractivity contribution in [1.82, 2.24) is 4.31 Å². The Balaban J connectivity index is 1.53. The number of rotatable bonds is 8. The molecule has 2 aromatic rings. The molecule has 9 heteroatoms. The summed E-state index contributed by atoms with van der Waals surface area (Å²) in [6, 6.07) is 13.3. The van der Waals surface area contributed by atoms with Gasteiger partial charge in [0, 0.05) is 19.2 Å². The molecule has 0 unspecified atom stereocenters. The highest BCUT2D eigenvalue weighted by atomic mass is 32.2. The molecule has 1 fully saturated rings. The first-order valence-electron chi connectivity index (χ1n) is 9.06. The molecule has 0 radical (unpaired) electrons. The van der Waals surface area contributed by atoms with Crippen molar-refractivity contribution in [2.45, 2.75) is 4.90 Å². The first-order chi connectivity index (χ1) is 14.0. The van der Waals surface area contributed by atoms with Crippen LogP contribution in [0, 0.1) is 11.3 Å². The highest BCUT2D eigenvalue weighted by Gasteiger charge is 2.26. The Kier molecular flexibility index (Phi) is 6.93. The van der Waals surface area contributed by atoms with E-state index >= 15 is 0 Å². The van der Waals surface area contributed by atoms with E-state index in [-0.39, 0.29) is 18.1 Å². The minimum Gasteiger partial charge on any atom is -0.493 e. The fourth-order valence-electron chi connectivity index (χ4n) is 2.81. The molecule has 3 rings (SSSR count). The van der Waals surface area contributed by atoms with Crippen LogP contribution in [-0.2, 0) is 14.8 Å². The fourth-order valence-corrected chi connectivity index (χ4v) is 4.22. The molecular formula is C20H22N2O6S. The number of hydrogen-bond acceptors (Lipinski definition) is 7. The molecule has 0 aromatic heterocycles. The van der Waals surface area contributed by atoms with Gasteiger partial charge in [0.15, 0.2) is 11.5 Å². The lowest BCUT2D eigenvalue weighted by Crippen LogP contribution is -2.40. The molecule has 1 aliphatic rings. The van der Waals surface area contributed by atoms with E-state index in [1.54, 1.807) is 30.3 Å². The van der Waals surface area contributed by atoms with E-state index in [0.717, 1.165) is 0 Å². The summed E-state index contributed by atoms with van der Waals surface area (Å²) < 4.78 is 48.3. The molecule has 1 heterocycles. The Hall–Kier alpha value is -2.80. The molecule has 29 heavy (non-hydrogen) atoms. The fraction of sp³-hybridized carbons (Fsp3) is 0.350. The van der Waals surface area contributed by atoms with Crippen molar-refractivity contribution in [3.05, 3.63) is 48.0 Å². The van der Waals surface area contributed by atoms with Gasteiger partial charge in [-0.2, -0.15) is 9.57 Å². The van der Waals surface area contributed by atoms with Gasteiger partial charge in [-0.05, 0) is 36.4 Å². The predicted octanol–water partition coefficient (Wildman–Crippen LogP) is 2.05. The van der Waals surface area contributed by atoms with Gasteiger partial charge >= 0.3 is 0 Å². The Labute approximate surface area is 170 Å². The molecule has 0 bridgehead atoms. The maximum Gasteiger partial charge on any atom is 0.243 e. The van der Waals surface area contributed by atoms with Gasteiger partial charge in [0.25, 0.3) is 0 Å². The Bertz CT molecular complexity index is 963. The molecule has 0 amide bonds. The lowest BCUT2D eigenvalue weighted by Gasteiger charge is -2.26.